The highest BCUT2D eigenvalue weighted by molar-refractivity contribution is 9.10. The summed E-state index contributed by atoms with van der Waals surface area (Å²) < 4.78 is 6.66. The third-order valence-electron chi connectivity index (χ3n) is 5.90. The highest BCUT2D eigenvalue weighted by Crippen LogP contribution is 2.41. The van der Waals surface area contributed by atoms with E-state index >= 15 is 0 Å². The number of nitrogens with zero attached hydrogens (tertiary/aromatic N) is 2. The van der Waals surface area contributed by atoms with Gasteiger partial charge >= 0.3 is 0 Å². The molecule has 0 radical (unpaired) electrons. The highest BCUT2D eigenvalue weighted by atomic mass is 79.9. The summed E-state index contributed by atoms with van der Waals surface area (Å²) in [6, 6.07) is 15.8. The van der Waals surface area contributed by atoms with Crippen LogP contribution in [0.2, 0.25) is 0 Å². The van der Waals surface area contributed by atoms with Gasteiger partial charge in [-0.2, -0.15) is 0 Å². The van der Waals surface area contributed by atoms with Gasteiger partial charge in [0.1, 0.15) is 5.75 Å². The first kappa shape index (κ1) is 20.1. The van der Waals surface area contributed by atoms with Crippen LogP contribution in [0.1, 0.15) is 38.5 Å². The number of halogens is 1. The lowest BCUT2D eigenvalue weighted by Crippen LogP contribution is -2.34. The van der Waals surface area contributed by atoms with E-state index in [0.29, 0.717) is 0 Å². The van der Waals surface area contributed by atoms with Gasteiger partial charge in [-0.3, -0.25) is 4.90 Å². The van der Waals surface area contributed by atoms with Crippen LogP contribution in [-0.2, 0) is 0 Å². The minimum atomic E-state index is 0.775. The van der Waals surface area contributed by atoms with Crippen LogP contribution in [0.5, 0.6) is 5.75 Å². The Morgan fingerprint density at radius 2 is 1.75 bits per heavy atom. The summed E-state index contributed by atoms with van der Waals surface area (Å²) in [5, 5.41) is 0. The van der Waals surface area contributed by atoms with Gasteiger partial charge in [0.2, 0.25) is 0 Å². The predicted octanol–water partition coefficient (Wildman–Crippen LogP) is 6.41. The summed E-state index contributed by atoms with van der Waals surface area (Å²) in [6.07, 6.45) is 8.38. The predicted molar refractivity (Wildman–Crippen MR) is 122 cm³/mol. The zero-order valence-corrected chi connectivity index (χ0v) is 19.0. The zero-order chi connectivity index (χ0) is 19.3. The molecular formula is C23H29BrN2OS. The normalized spacial score (nSPS) is 19.0. The van der Waals surface area contributed by atoms with E-state index in [2.05, 4.69) is 56.1 Å². The molecule has 2 fully saturated rings. The van der Waals surface area contributed by atoms with Gasteiger partial charge < -0.3 is 9.64 Å². The fourth-order valence-corrected chi connectivity index (χ4v) is 6.02. The number of rotatable bonds is 5. The Kier molecular flexibility index (Phi) is 6.86. The van der Waals surface area contributed by atoms with E-state index in [-0.39, 0.29) is 0 Å². The van der Waals surface area contributed by atoms with Gasteiger partial charge in [0.05, 0.1) is 24.4 Å². The first-order valence-corrected chi connectivity index (χ1v) is 11.9. The number of ether oxygens (including phenoxy) is 1. The molecule has 5 heteroatoms. The molecule has 4 rings (SSSR count). The molecule has 2 aromatic carbocycles. The SMILES string of the molecule is COc1ccc(Br)cc1Sc1ccccc1N1CCN(C2CCCCCC2)C1. The van der Waals surface area contributed by atoms with E-state index in [9.17, 15) is 0 Å². The fourth-order valence-electron chi connectivity index (χ4n) is 4.38. The number of methoxy groups -OCH3 is 1. The average Bonchev–Trinajstić information content (AvgIpc) is 3.04. The van der Waals surface area contributed by atoms with Gasteiger partial charge in [-0.15, -0.1) is 0 Å². The zero-order valence-electron chi connectivity index (χ0n) is 16.6. The molecule has 0 atom stereocenters. The minimum absolute atomic E-state index is 0.775. The van der Waals surface area contributed by atoms with Crippen molar-refractivity contribution in [3.8, 4) is 5.75 Å². The second kappa shape index (κ2) is 9.55. The monoisotopic (exact) mass is 460 g/mol. The molecule has 3 nitrogen and oxygen atoms in total. The summed E-state index contributed by atoms with van der Waals surface area (Å²) in [7, 11) is 1.74. The Balaban J connectivity index is 1.51. The molecule has 1 saturated heterocycles. The molecule has 0 unspecified atom stereocenters. The second-order valence-corrected chi connectivity index (χ2v) is 9.73. The largest absolute Gasteiger partial charge is 0.496 e. The van der Waals surface area contributed by atoms with Crippen molar-refractivity contribution < 1.29 is 4.74 Å². The number of para-hydroxylation sites is 1. The number of benzene rings is 2. The first-order chi connectivity index (χ1) is 13.7. The fraction of sp³-hybridized carbons (Fsp3) is 0.478. The van der Waals surface area contributed by atoms with Crippen LogP contribution in [0.25, 0.3) is 0 Å². The lowest BCUT2D eigenvalue weighted by Gasteiger charge is -2.28. The maximum atomic E-state index is 5.58. The Morgan fingerprint density at radius 3 is 2.54 bits per heavy atom. The van der Waals surface area contributed by atoms with E-state index in [1.165, 1.54) is 55.7 Å². The van der Waals surface area contributed by atoms with E-state index < -0.39 is 0 Å². The summed E-state index contributed by atoms with van der Waals surface area (Å²) in [6.45, 7) is 3.35. The molecule has 28 heavy (non-hydrogen) atoms. The van der Waals surface area contributed by atoms with Crippen molar-refractivity contribution in [2.45, 2.75) is 54.4 Å². The number of hydrogen-bond donors (Lipinski definition) is 0. The maximum absolute atomic E-state index is 5.58. The molecule has 150 valence electrons. The lowest BCUT2D eigenvalue weighted by molar-refractivity contribution is 0.223. The Labute approximate surface area is 181 Å². The second-order valence-electron chi connectivity index (χ2n) is 7.73. The lowest BCUT2D eigenvalue weighted by atomic mass is 10.1. The van der Waals surface area contributed by atoms with Gasteiger partial charge in [0.15, 0.2) is 0 Å². The van der Waals surface area contributed by atoms with Crippen molar-refractivity contribution in [1.82, 2.24) is 4.90 Å². The van der Waals surface area contributed by atoms with Crippen molar-refractivity contribution in [2.75, 3.05) is 31.8 Å². The van der Waals surface area contributed by atoms with Gasteiger partial charge in [0, 0.05) is 28.5 Å². The molecule has 1 aliphatic heterocycles. The molecule has 0 aromatic heterocycles. The first-order valence-electron chi connectivity index (χ1n) is 10.3. The average molecular weight is 461 g/mol. The van der Waals surface area contributed by atoms with Crippen LogP contribution in [0.15, 0.2) is 56.7 Å². The van der Waals surface area contributed by atoms with Crippen LogP contribution < -0.4 is 9.64 Å². The number of hydrogen-bond acceptors (Lipinski definition) is 4. The van der Waals surface area contributed by atoms with Crippen LogP contribution in [0.3, 0.4) is 0 Å². The molecule has 2 aliphatic rings. The molecule has 0 bridgehead atoms. The highest BCUT2D eigenvalue weighted by Gasteiger charge is 2.28. The van der Waals surface area contributed by atoms with Crippen molar-refractivity contribution in [2.24, 2.45) is 0 Å². The summed E-state index contributed by atoms with van der Waals surface area (Å²) in [4.78, 5) is 7.70. The summed E-state index contributed by atoms with van der Waals surface area (Å²) in [5.41, 5.74) is 1.34. The smallest absolute Gasteiger partial charge is 0.132 e. The molecule has 1 heterocycles. The number of anilines is 1. The van der Waals surface area contributed by atoms with Crippen molar-refractivity contribution >= 4 is 33.4 Å². The van der Waals surface area contributed by atoms with Crippen molar-refractivity contribution in [3.05, 3.63) is 46.9 Å². The van der Waals surface area contributed by atoms with Gasteiger partial charge in [0.25, 0.3) is 0 Å². The standard InChI is InChI=1S/C23H29BrN2OS/c1-27-21-13-12-18(24)16-23(21)28-22-11-7-6-10-20(22)26-15-14-25(17-26)19-8-4-2-3-5-9-19/h6-7,10-13,16,19H,2-5,8-9,14-15,17H2,1H3. The van der Waals surface area contributed by atoms with Crippen LogP contribution in [-0.4, -0.2) is 37.8 Å². The Morgan fingerprint density at radius 1 is 0.964 bits per heavy atom. The molecule has 0 N–H and O–H groups in total. The van der Waals surface area contributed by atoms with Gasteiger partial charge in [-0.25, -0.2) is 0 Å². The van der Waals surface area contributed by atoms with Crippen LogP contribution in [0.4, 0.5) is 5.69 Å². The third kappa shape index (κ3) is 4.69. The van der Waals surface area contributed by atoms with Crippen LogP contribution in [0, 0.1) is 0 Å². The quantitative estimate of drug-likeness (QED) is 0.478. The Bertz CT molecular complexity index is 792. The molecular weight excluding hydrogens is 432 g/mol. The molecule has 0 spiro atoms. The van der Waals surface area contributed by atoms with E-state index in [4.69, 9.17) is 4.74 Å². The summed E-state index contributed by atoms with van der Waals surface area (Å²) >= 11 is 5.39. The third-order valence-corrected chi connectivity index (χ3v) is 7.50. The van der Waals surface area contributed by atoms with Gasteiger partial charge in [-0.05, 0) is 43.2 Å². The maximum Gasteiger partial charge on any atom is 0.132 e. The summed E-state index contributed by atoms with van der Waals surface area (Å²) in [5.74, 6) is 0.921. The molecule has 2 aromatic rings. The molecule has 0 amide bonds. The van der Waals surface area contributed by atoms with Crippen molar-refractivity contribution in [1.29, 1.82) is 0 Å². The molecule has 1 saturated carbocycles. The van der Waals surface area contributed by atoms with Crippen LogP contribution >= 0.6 is 27.7 Å². The topological polar surface area (TPSA) is 15.7 Å². The van der Waals surface area contributed by atoms with Crippen molar-refractivity contribution in [3.63, 3.8) is 0 Å². The molecule has 1 aliphatic carbocycles. The van der Waals surface area contributed by atoms with E-state index in [1.54, 1.807) is 18.9 Å². The van der Waals surface area contributed by atoms with Gasteiger partial charge in [-0.1, -0.05) is 65.5 Å². The minimum Gasteiger partial charge on any atom is -0.496 e. The van der Waals surface area contributed by atoms with E-state index in [1.807, 2.05) is 12.1 Å². The van der Waals surface area contributed by atoms with E-state index in [0.717, 1.165) is 34.4 Å². The Hall–Kier alpha value is -1.17.